The van der Waals surface area contributed by atoms with Crippen LogP contribution < -0.4 is 18.9 Å². The zero-order chi connectivity index (χ0) is 42.5. The van der Waals surface area contributed by atoms with Crippen molar-refractivity contribution in [2.45, 2.75) is 103 Å². The van der Waals surface area contributed by atoms with E-state index in [-0.39, 0.29) is 34.6 Å². The van der Waals surface area contributed by atoms with E-state index in [9.17, 15) is 29.1 Å². The van der Waals surface area contributed by atoms with Crippen LogP contribution in [0.2, 0.25) is 0 Å². The van der Waals surface area contributed by atoms with Gasteiger partial charge in [0.15, 0.2) is 0 Å². The van der Waals surface area contributed by atoms with Crippen LogP contribution in [0.15, 0.2) is 92.0 Å². The van der Waals surface area contributed by atoms with Gasteiger partial charge in [0, 0.05) is 12.2 Å². The van der Waals surface area contributed by atoms with Crippen molar-refractivity contribution in [2.24, 2.45) is 0 Å². The number of rotatable bonds is 31. The fourth-order valence-corrected chi connectivity index (χ4v) is 5.93. The molecule has 0 fully saturated rings. The molecular weight excluding hydrogens is 757 g/mol. The first kappa shape index (κ1) is 47.5. The molecule has 318 valence electrons. The van der Waals surface area contributed by atoms with Gasteiger partial charge in [-0.1, -0.05) is 90.2 Å². The lowest BCUT2D eigenvalue weighted by molar-refractivity contribution is -0.138. The summed E-state index contributed by atoms with van der Waals surface area (Å²) < 4.78 is 32.4. The van der Waals surface area contributed by atoms with Crippen LogP contribution in [0.4, 0.5) is 0 Å². The topological polar surface area (TPSA) is 161 Å². The summed E-state index contributed by atoms with van der Waals surface area (Å²) in [7, 11) is 0. The molecule has 0 aliphatic carbocycles. The molecule has 0 atom stereocenters. The smallest absolute Gasteiger partial charge is 0.344 e. The second-order valence-electron chi connectivity index (χ2n) is 13.9. The van der Waals surface area contributed by atoms with Crippen LogP contribution in [-0.4, -0.2) is 61.4 Å². The quantitative estimate of drug-likeness (QED) is 0.0284. The Bertz CT molecular complexity index is 1760. The predicted octanol–water partition coefficient (Wildman–Crippen LogP) is 10.3. The predicted molar refractivity (Wildman–Crippen MR) is 223 cm³/mol. The first-order valence-electron chi connectivity index (χ1n) is 20.6. The molecule has 12 heteroatoms. The fraction of sp³-hybridized carbons (Fsp3) is 0.426. The van der Waals surface area contributed by atoms with E-state index in [1.165, 1.54) is 24.3 Å². The molecule has 59 heavy (non-hydrogen) atoms. The third-order valence-corrected chi connectivity index (χ3v) is 9.21. The highest BCUT2D eigenvalue weighted by atomic mass is 16.5. The average Bonchev–Trinajstić information content (AvgIpc) is 3.24. The normalized spacial score (nSPS) is 10.6. The molecule has 3 rings (SSSR count). The highest BCUT2D eigenvalue weighted by Crippen LogP contribution is 2.23. The van der Waals surface area contributed by atoms with Gasteiger partial charge in [-0.25, -0.2) is 24.0 Å². The number of hydrogen-bond donors (Lipinski definition) is 1. The van der Waals surface area contributed by atoms with Crippen LogP contribution >= 0.6 is 0 Å². The van der Waals surface area contributed by atoms with Crippen molar-refractivity contribution >= 4 is 29.8 Å². The van der Waals surface area contributed by atoms with Crippen LogP contribution in [0.25, 0.3) is 0 Å². The van der Waals surface area contributed by atoms with E-state index < -0.39 is 23.5 Å². The zero-order valence-corrected chi connectivity index (χ0v) is 34.0. The molecule has 0 aromatic heterocycles. The van der Waals surface area contributed by atoms with Crippen molar-refractivity contribution in [3.8, 4) is 23.0 Å². The second kappa shape index (κ2) is 28.5. The standard InChI is InChI=1S/C47H58O12/c1-3-43(48)56-33-19-15-11-7-5-9-13-17-31-54-37-22-26-39(27-23-37)58-46(52)36-21-30-41(42(35-36)45(50)51)47(53)59-40-28-24-38(25-29-40)55-32-18-14-10-6-8-12-16-20-34-57-44(49)4-2/h3-4,21-30,35H,1-2,5-20,31-34H2,(H,50,51). The summed E-state index contributed by atoms with van der Waals surface area (Å²) in [6.45, 7) is 8.74. The maximum absolute atomic E-state index is 13.0. The molecular formula is C47H58O12. The summed E-state index contributed by atoms with van der Waals surface area (Å²) in [6, 6.07) is 16.7. The monoisotopic (exact) mass is 814 g/mol. The number of carboxylic acid groups (broad SMARTS) is 1. The molecule has 0 amide bonds. The number of benzene rings is 3. The first-order chi connectivity index (χ1) is 28.7. The van der Waals surface area contributed by atoms with Crippen molar-refractivity contribution in [2.75, 3.05) is 26.4 Å². The van der Waals surface area contributed by atoms with Crippen molar-refractivity contribution in [3.63, 3.8) is 0 Å². The van der Waals surface area contributed by atoms with E-state index in [1.807, 2.05) is 0 Å². The van der Waals surface area contributed by atoms with E-state index in [1.54, 1.807) is 48.5 Å². The van der Waals surface area contributed by atoms with Crippen molar-refractivity contribution < 1.29 is 57.5 Å². The van der Waals surface area contributed by atoms with Gasteiger partial charge in [-0.15, -0.1) is 0 Å². The summed E-state index contributed by atoms with van der Waals surface area (Å²) in [5.74, 6) is -2.13. The Morgan fingerprint density at radius 1 is 0.441 bits per heavy atom. The van der Waals surface area contributed by atoms with E-state index >= 15 is 0 Å². The Kier molecular flexibility index (Phi) is 22.9. The van der Waals surface area contributed by atoms with Crippen molar-refractivity contribution in [1.82, 2.24) is 0 Å². The number of ether oxygens (including phenoxy) is 6. The first-order valence-corrected chi connectivity index (χ1v) is 20.6. The highest BCUT2D eigenvalue weighted by Gasteiger charge is 2.22. The van der Waals surface area contributed by atoms with E-state index in [0.29, 0.717) is 37.9 Å². The Morgan fingerprint density at radius 3 is 1.19 bits per heavy atom. The average molecular weight is 815 g/mol. The third kappa shape index (κ3) is 19.9. The van der Waals surface area contributed by atoms with Crippen LogP contribution in [0.3, 0.4) is 0 Å². The minimum Gasteiger partial charge on any atom is -0.494 e. The molecule has 1 N–H and O–H groups in total. The lowest BCUT2D eigenvalue weighted by atomic mass is 10.0. The van der Waals surface area contributed by atoms with Gasteiger partial charge in [0.25, 0.3) is 0 Å². The molecule has 0 radical (unpaired) electrons. The number of esters is 4. The third-order valence-electron chi connectivity index (χ3n) is 9.21. The molecule has 0 unspecified atom stereocenters. The van der Waals surface area contributed by atoms with Crippen LogP contribution in [0.1, 0.15) is 134 Å². The van der Waals surface area contributed by atoms with Gasteiger partial charge in [0.2, 0.25) is 0 Å². The molecule has 0 saturated carbocycles. The largest absolute Gasteiger partial charge is 0.494 e. The number of unbranched alkanes of at least 4 members (excludes halogenated alkanes) is 14. The van der Waals surface area contributed by atoms with Gasteiger partial charge >= 0.3 is 29.8 Å². The summed E-state index contributed by atoms with van der Waals surface area (Å²) in [6.07, 6.45) is 19.1. The molecule has 0 aliphatic rings. The SMILES string of the molecule is C=CC(=O)OCCCCCCCCCCOc1ccc(OC(=O)c2ccc(C(=O)Oc3ccc(OCCCCCCCCCCOC(=O)C=C)cc3)c(C(=O)O)c2)cc1. The van der Waals surface area contributed by atoms with Gasteiger partial charge in [-0.3, -0.25) is 0 Å². The van der Waals surface area contributed by atoms with Gasteiger partial charge in [-0.2, -0.15) is 0 Å². The van der Waals surface area contributed by atoms with Crippen LogP contribution in [-0.2, 0) is 19.1 Å². The van der Waals surface area contributed by atoms with Crippen LogP contribution in [0.5, 0.6) is 23.0 Å². The van der Waals surface area contributed by atoms with Crippen molar-refractivity contribution in [3.05, 3.63) is 109 Å². The number of hydrogen-bond acceptors (Lipinski definition) is 11. The lowest BCUT2D eigenvalue weighted by Gasteiger charge is -2.11. The number of aromatic carboxylic acids is 1. The molecule has 12 nitrogen and oxygen atoms in total. The minimum atomic E-state index is -1.40. The maximum atomic E-state index is 13.0. The van der Waals surface area contributed by atoms with Gasteiger partial charge in [-0.05, 0) is 92.4 Å². The molecule has 0 heterocycles. The molecule has 0 aliphatic heterocycles. The number of carbonyl (C=O) groups is 5. The summed E-state index contributed by atoms with van der Waals surface area (Å²) >= 11 is 0. The summed E-state index contributed by atoms with van der Waals surface area (Å²) in [4.78, 5) is 60.0. The fourth-order valence-electron chi connectivity index (χ4n) is 5.93. The zero-order valence-electron chi connectivity index (χ0n) is 34.0. The molecule has 3 aromatic rings. The van der Waals surface area contributed by atoms with Crippen LogP contribution in [0, 0.1) is 0 Å². The molecule has 0 spiro atoms. The number of carbonyl (C=O) groups excluding carboxylic acids is 4. The van der Waals surface area contributed by atoms with E-state index in [2.05, 4.69) is 13.2 Å². The van der Waals surface area contributed by atoms with E-state index in [0.717, 1.165) is 109 Å². The minimum absolute atomic E-state index is 0.0458. The lowest BCUT2D eigenvalue weighted by Crippen LogP contribution is -2.16. The highest BCUT2D eigenvalue weighted by molar-refractivity contribution is 6.05. The Morgan fingerprint density at radius 2 is 0.797 bits per heavy atom. The molecule has 3 aromatic carbocycles. The van der Waals surface area contributed by atoms with E-state index in [4.69, 9.17) is 28.4 Å². The molecule has 0 bridgehead atoms. The Hall–Kier alpha value is -5.91. The molecule has 0 saturated heterocycles. The maximum Gasteiger partial charge on any atom is 0.344 e. The van der Waals surface area contributed by atoms with Gasteiger partial charge < -0.3 is 33.5 Å². The Balaban J connectivity index is 1.32. The summed E-state index contributed by atoms with van der Waals surface area (Å²) in [5.41, 5.74) is -0.662. The van der Waals surface area contributed by atoms with Crippen molar-refractivity contribution in [1.29, 1.82) is 0 Å². The Labute approximate surface area is 347 Å². The van der Waals surface area contributed by atoms with Gasteiger partial charge in [0.05, 0.1) is 43.1 Å². The van der Waals surface area contributed by atoms with Gasteiger partial charge in [0.1, 0.15) is 23.0 Å². The number of carboxylic acids is 1. The second-order valence-corrected chi connectivity index (χ2v) is 13.9. The summed E-state index contributed by atoms with van der Waals surface area (Å²) in [5, 5.41) is 9.85.